The van der Waals surface area contributed by atoms with E-state index < -0.39 is 0 Å². The first kappa shape index (κ1) is 21.6. The number of carbonyl (C=O) groups is 1. The van der Waals surface area contributed by atoms with Crippen molar-refractivity contribution in [2.75, 3.05) is 38.2 Å². The first-order valence-electron chi connectivity index (χ1n) is 11.0. The summed E-state index contributed by atoms with van der Waals surface area (Å²) in [6, 6.07) is 21.0. The van der Waals surface area contributed by atoms with Crippen LogP contribution in [0.25, 0.3) is 22.8 Å². The maximum atomic E-state index is 13.4. The number of anilines is 1. The zero-order valence-electron chi connectivity index (χ0n) is 18.6. The lowest BCUT2D eigenvalue weighted by atomic mass is 10.1. The Bertz CT molecular complexity index is 1280. The number of aromatic nitrogens is 2. The van der Waals surface area contributed by atoms with Crippen molar-refractivity contribution in [3.8, 4) is 28.6 Å². The summed E-state index contributed by atoms with van der Waals surface area (Å²) in [5, 5.41) is 4.01. The van der Waals surface area contributed by atoms with Gasteiger partial charge in [0.05, 0.1) is 18.2 Å². The van der Waals surface area contributed by atoms with Crippen LogP contribution >= 0.6 is 0 Å². The summed E-state index contributed by atoms with van der Waals surface area (Å²) in [4.78, 5) is 21.9. The molecule has 1 fully saturated rings. The number of nitrogens with zero attached hydrogens (tertiary/aromatic N) is 4. The van der Waals surface area contributed by atoms with Gasteiger partial charge in [-0.3, -0.25) is 4.79 Å². The molecule has 0 saturated carbocycles. The number of amides is 1. The summed E-state index contributed by atoms with van der Waals surface area (Å²) < 4.78 is 23.9. The molecule has 1 saturated heterocycles. The Balaban J connectivity index is 1.32. The highest BCUT2D eigenvalue weighted by Crippen LogP contribution is 2.27. The normalized spacial score (nSPS) is 13.7. The number of benzene rings is 3. The standard InChI is InChI=1S/C26H23FN4O3/c1-33-21-12-10-20(11-13-21)30-14-16-31(17-15-30)26(32)23-5-3-2-4-22(23)25-28-24(29-34-25)18-6-8-19(27)9-7-18/h2-13H,14-17H2,1H3. The van der Waals surface area contributed by atoms with Crippen LogP contribution in [0.5, 0.6) is 5.75 Å². The SMILES string of the molecule is COc1ccc(N2CCN(C(=O)c3ccccc3-c3nc(-c4ccc(F)cc4)no3)CC2)cc1. The van der Waals surface area contributed by atoms with E-state index in [4.69, 9.17) is 9.26 Å². The molecular weight excluding hydrogens is 435 g/mol. The Morgan fingerprint density at radius 3 is 2.35 bits per heavy atom. The van der Waals surface area contributed by atoms with Crippen molar-refractivity contribution in [2.24, 2.45) is 0 Å². The second-order valence-corrected chi connectivity index (χ2v) is 7.95. The molecule has 1 aliphatic heterocycles. The van der Waals surface area contributed by atoms with Crippen LogP contribution in [0.2, 0.25) is 0 Å². The molecule has 1 aromatic heterocycles. The van der Waals surface area contributed by atoms with Gasteiger partial charge in [-0.1, -0.05) is 17.3 Å². The molecule has 8 heteroatoms. The predicted octanol–water partition coefficient (Wildman–Crippen LogP) is 4.51. The van der Waals surface area contributed by atoms with Gasteiger partial charge in [0.1, 0.15) is 11.6 Å². The van der Waals surface area contributed by atoms with Crippen molar-refractivity contribution in [3.63, 3.8) is 0 Å². The molecule has 1 aliphatic rings. The van der Waals surface area contributed by atoms with Gasteiger partial charge in [-0.25, -0.2) is 4.39 Å². The smallest absolute Gasteiger partial charge is 0.259 e. The second kappa shape index (κ2) is 9.35. The van der Waals surface area contributed by atoms with E-state index in [0.717, 1.165) is 24.5 Å². The van der Waals surface area contributed by atoms with E-state index in [1.165, 1.54) is 12.1 Å². The number of methoxy groups -OCH3 is 1. The topological polar surface area (TPSA) is 71.7 Å². The monoisotopic (exact) mass is 458 g/mol. The number of halogens is 1. The minimum absolute atomic E-state index is 0.0773. The van der Waals surface area contributed by atoms with Gasteiger partial charge >= 0.3 is 0 Å². The van der Waals surface area contributed by atoms with E-state index in [9.17, 15) is 9.18 Å². The number of piperazine rings is 1. The molecule has 0 atom stereocenters. The average Bonchev–Trinajstić information content (AvgIpc) is 3.39. The maximum Gasteiger partial charge on any atom is 0.259 e. The van der Waals surface area contributed by atoms with E-state index >= 15 is 0 Å². The molecule has 0 aliphatic carbocycles. The third-order valence-corrected chi connectivity index (χ3v) is 5.92. The van der Waals surface area contributed by atoms with Crippen molar-refractivity contribution in [1.29, 1.82) is 0 Å². The summed E-state index contributed by atoms with van der Waals surface area (Å²) in [7, 11) is 1.65. The largest absolute Gasteiger partial charge is 0.497 e. The summed E-state index contributed by atoms with van der Waals surface area (Å²) >= 11 is 0. The summed E-state index contributed by atoms with van der Waals surface area (Å²) in [5.41, 5.74) is 2.82. The molecule has 34 heavy (non-hydrogen) atoms. The Morgan fingerprint density at radius 1 is 0.941 bits per heavy atom. The lowest BCUT2D eigenvalue weighted by molar-refractivity contribution is 0.0747. The second-order valence-electron chi connectivity index (χ2n) is 7.95. The van der Waals surface area contributed by atoms with Crippen molar-refractivity contribution in [3.05, 3.63) is 84.2 Å². The van der Waals surface area contributed by atoms with Crippen LogP contribution in [-0.2, 0) is 0 Å². The predicted molar refractivity (Wildman–Crippen MR) is 126 cm³/mol. The van der Waals surface area contributed by atoms with E-state index in [0.29, 0.717) is 35.6 Å². The number of carbonyl (C=O) groups excluding carboxylic acids is 1. The highest BCUT2D eigenvalue weighted by molar-refractivity contribution is 6.00. The number of ether oxygens (including phenoxy) is 1. The van der Waals surface area contributed by atoms with E-state index in [1.807, 2.05) is 41.3 Å². The third kappa shape index (κ3) is 4.34. The Labute approximate surface area is 196 Å². The Kier molecular flexibility index (Phi) is 5.95. The minimum Gasteiger partial charge on any atom is -0.497 e. The fourth-order valence-corrected chi connectivity index (χ4v) is 4.04. The fraction of sp³-hybridized carbons (Fsp3) is 0.192. The van der Waals surface area contributed by atoms with Crippen LogP contribution in [0.1, 0.15) is 10.4 Å². The molecule has 0 N–H and O–H groups in total. The minimum atomic E-state index is -0.338. The van der Waals surface area contributed by atoms with Crippen molar-refractivity contribution < 1.29 is 18.4 Å². The molecule has 7 nitrogen and oxygen atoms in total. The van der Waals surface area contributed by atoms with Crippen molar-refractivity contribution >= 4 is 11.6 Å². The molecule has 172 valence electrons. The third-order valence-electron chi connectivity index (χ3n) is 5.92. The Hall–Kier alpha value is -4.20. The highest BCUT2D eigenvalue weighted by Gasteiger charge is 2.26. The lowest BCUT2D eigenvalue weighted by Gasteiger charge is -2.36. The van der Waals surface area contributed by atoms with Crippen LogP contribution in [-0.4, -0.2) is 54.2 Å². The first-order valence-corrected chi connectivity index (χ1v) is 11.0. The van der Waals surface area contributed by atoms with Gasteiger partial charge in [-0.05, 0) is 60.7 Å². The van der Waals surface area contributed by atoms with E-state index in [2.05, 4.69) is 15.0 Å². The van der Waals surface area contributed by atoms with Crippen LogP contribution < -0.4 is 9.64 Å². The summed E-state index contributed by atoms with van der Waals surface area (Å²) in [5.74, 6) is 0.991. The van der Waals surface area contributed by atoms with E-state index in [-0.39, 0.29) is 17.6 Å². The molecule has 4 aromatic rings. The van der Waals surface area contributed by atoms with Gasteiger partial charge in [-0.15, -0.1) is 0 Å². The molecule has 2 heterocycles. The van der Waals surface area contributed by atoms with Gasteiger partial charge < -0.3 is 19.1 Å². The molecule has 0 unspecified atom stereocenters. The van der Waals surface area contributed by atoms with Crippen molar-refractivity contribution in [2.45, 2.75) is 0 Å². The van der Waals surface area contributed by atoms with Crippen LogP contribution in [0.3, 0.4) is 0 Å². The van der Waals surface area contributed by atoms with Crippen LogP contribution in [0.4, 0.5) is 10.1 Å². The lowest BCUT2D eigenvalue weighted by Crippen LogP contribution is -2.48. The zero-order valence-corrected chi connectivity index (χ0v) is 18.6. The maximum absolute atomic E-state index is 13.4. The van der Waals surface area contributed by atoms with Crippen LogP contribution in [0, 0.1) is 5.82 Å². The van der Waals surface area contributed by atoms with E-state index in [1.54, 1.807) is 31.4 Å². The quantitative estimate of drug-likeness (QED) is 0.438. The van der Waals surface area contributed by atoms with Gasteiger partial charge in [-0.2, -0.15) is 4.98 Å². The van der Waals surface area contributed by atoms with Gasteiger partial charge in [0.25, 0.3) is 11.8 Å². The number of hydrogen-bond donors (Lipinski definition) is 0. The molecule has 0 radical (unpaired) electrons. The molecular formula is C26H23FN4O3. The average molecular weight is 458 g/mol. The number of hydrogen-bond acceptors (Lipinski definition) is 6. The zero-order chi connectivity index (χ0) is 23.5. The number of rotatable bonds is 5. The van der Waals surface area contributed by atoms with Crippen molar-refractivity contribution in [1.82, 2.24) is 15.0 Å². The molecule has 1 amide bonds. The molecule has 5 rings (SSSR count). The van der Waals surface area contributed by atoms with Gasteiger partial charge in [0, 0.05) is 37.4 Å². The fourth-order valence-electron chi connectivity index (χ4n) is 4.04. The molecule has 0 spiro atoms. The van der Waals surface area contributed by atoms with Crippen LogP contribution in [0.15, 0.2) is 77.3 Å². The molecule has 0 bridgehead atoms. The first-order chi connectivity index (χ1) is 16.6. The Morgan fingerprint density at radius 2 is 1.65 bits per heavy atom. The molecule has 3 aromatic carbocycles. The van der Waals surface area contributed by atoms with Gasteiger partial charge in [0.2, 0.25) is 5.82 Å². The summed E-state index contributed by atoms with van der Waals surface area (Å²) in [6.07, 6.45) is 0. The highest BCUT2D eigenvalue weighted by atomic mass is 19.1. The summed E-state index contributed by atoms with van der Waals surface area (Å²) in [6.45, 7) is 2.67. The van der Waals surface area contributed by atoms with Gasteiger partial charge in [0.15, 0.2) is 0 Å².